The number of nitrogens with zero attached hydrogens (tertiary/aromatic N) is 5. The van der Waals surface area contributed by atoms with E-state index in [-0.39, 0.29) is 5.91 Å². The maximum absolute atomic E-state index is 11.8. The largest absolute Gasteiger partial charge is 0.452 e. The second-order valence-electron chi connectivity index (χ2n) is 8.81. The second kappa shape index (κ2) is 11.7. The highest BCUT2D eigenvalue weighted by Crippen LogP contribution is 2.37. The van der Waals surface area contributed by atoms with Gasteiger partial charge in [0.1, 0.15) is 10.8 Å². The van der Waals surface area contributed by atoms with Gasteiger partial charge in [-0.15, -0.1) is 11.3 Å². The number of carbonyl (C=O) groups excluding carboxylic acids is 1. The average Bonchev–Trinajstić information content (AvgIpc) is 3.21. The molecule has 1 aliphatic rings. The Hall–Kier alpha value is -3.50. The van der Waals surface area contributed by atoms with Crippen LogP contribution in [0.3, 0.4) is 0 Å². The van der Waals surface area contributed by atoms with E-state index in [0.29, 0.717) is 23.2 Å². The van der Waals surface area contributed by atoms with E-state index in [1.165, 1.54) is 11.8 Å². The zero-order chi connectivity index (χ0) is 25.6. The van der Waals surface area contributed by atoms with Crippen LogP contribution in [0.5, 0.6) is 11.5 Å². The third-order valence-electron chi connectivity index (χ3n) is 6.21. The highest BCUT2D eigenvalue weighted by molar-refractivity contribution is 7.99. The molecule has 37 heavy (non-hydrogen) atoms. The predicted molar refractivity (Wildman–Crippen MR) is 146 cm³/mol. The normalized spacial score (nSPS) is 15.7. The lowest BCUT2D eigenvalue weighted by Gasteiger charge is -2.18. The summed E-state index contributed by atoms with van der Waals surface area (Å²) in [7, 11) is 0. The van der Waals surface area contributed by atoms with Crippen molar-refractivity contribution in [1.29, 1.82) is 0 Å². The fourth-order valence-corrected chi connectivity index (χ4v) is 5.78. The molecule has 1 saturated heterocycles. The lowest BCUT2D eigenvalue weighted by molar-refractivity contribution is -0.128. The van der Waals surface area contributed by atoms with E-state index in [0.717, 1.165) is 58.8 Å². The van der Waals surface area contributed by atoms with Crippen molar-refractivity contribution in [1.82, 2.24) is 24.8 Å². The van der Waals surface area contributed by atoms with E-state index < -0.39 is 0 Å². The first kappa shape index (κ1) is 25.2. The van der Waals surface area contributed by atoms with Gasteiger partial charge in [-0.05, 0) is 50.5 Å². The fourth-order valence-electron chi connectivity index (χ4n) is 4.22. The molecule has 1 atom stereocenters. The predicted octanol–water partition coefficient (Wildman–Crippen LogP) is 6.44. The number of carbonyl (C=O) groups is 1. The van der Waals surface area contributed by atoms with Crippen LogP contribution >= 0.6 is 23.1 Å². The summed E-state index contributed by atoms with van der Waals surface area (Å²) in [5, 5.41) is 7.11. The number of amides is 1. The smallest absolute Gasteiger partial charge is 0.219 e. The van der Waals surface area contributed by atoms with Crippen LogP contribution in [0.1, 0.15) is 43.5 Å². The number of likely N-dealkylation sites (tertiary alicyclic amines) is 1. The van der Waals surface area contributed by atoms with Gasteiger partial charge in [0, 0.05) is 60.9 Å². The molecule has 4 aromatic rings. The average molecular weight is 533 g/mol. The second-order valence-corrected chi connectivity index (χ2v) is 10.8. The molecule has 0 saturated carbocycles. The topological polar surface area (TPSA) is 93.1 Å². The minimum atomic E-state index is 0.147. The van der Waals surface area contributed by atoms with Crippen molar-refractivity contribution in [2.45, 2.75) is 48.9 Å². The number of aromatic nitrogens is 4. The molecule has 1 fully saturated rings. The number of thiazole rings is 1. The minimum absolute atomic E-state index is 0.147. The number of rotatable bonds is 7. The van der Waals surface area contributed by atoms with Crippen molar-refractivity contribution in [3.05, 3.63) is 71.8 Å². The zero-order valence-electron chi connectivity index (χ0n) is 20.8. The Balaban J connectivity index is 1.37. The van der Waals surface area contributed by atoms with Crippen LogP contribution in [-0.2, 0) is 4.79 Å². The number of hydrogen-bond acceptors (Lipinski definition) is 9. The highest BCUT2D eigenvalue weighted by Gasteiger charge is 2.22. The summed E-state index contributed by atoms with van der Waals surface area (Å²) >= 11 is 3.07. The van der Waals surface area contributed by atoms with Crippen molar-refractivity contribution in [2.24, 2.45) is 0 Å². The molecule has 0 aromatic carbocycles. The fraction of sp³-hybridized carbons (Fsp3) is 0.296. The van der Waals surface area contributed by atoms with E-state index in [1.807, 2.05) is 48.2 Å². The van der Waals surface area contributed by atoms with Gasteiger partial charge in [-0.2, -0.15) is 0 Å². The van der Waals surface area contributed by atoms with Crippen LogP contribution < -0.4 is 10.1 Å². The summed E-state index contributed by atoms with van der Waals surface area (Å²) < 4.78 is 6.28. The Bertz CT molecular complexity index is 1360. The quantitative estimate of drug-likeness (QED) is 0.291. The monoisotopic (exact) mass is 532 g/mol. The molecule has 5 heterocycles. The molecule has 190 valence electrons. The standard InChI is InChI=1S/C27H28N6O2S2/c1-18-23(8-5-12-28-18)35-24-15-21(37-25-9-3-4-11-29-25)16-30-26(24)32-27-31-22(17-36-27)20-7-6-13-33(14-10-20)19(2)34/h3-5,8-9,11-12,15-17,20H,6-7,10,13-14H2,1-2H3,(H,30,31,32). The van der Waals surface area contributed by atoms with Gasteiger partial charge < -0.3 is 15.0 Å². The van der Waals surface area contributed by atoms with E-state index >= 15 is 0 Å². The van der Waals surface area contributed by atoms with Gasteiger partial charge in [0.05, 0.1) is 11.4 Å². The first-order chi connectivity index (χ1) is 18.0. The van der Waals surface area contributed by atoms with E-state index in [1.54, 1.807) is 36.9 Å². The maximum atomic E-state index is 11.8. The Morgan fingerprint density at radius 1 is 1.11 bits per heavy atom. The number of anilines is 2. The molecule has 0 aliphatic carbocycles. The number of aryl methyl sites for hydroxylation is 1. The molecule has 8 nitrogen and oxygen atoms in total. The molecule has 4 aromatic heterocycles. The van der Waals surface area contributed by atoms with Crippen LogP contribution in [0.2, 0.25) is 0 Å². The van der Waals surface area contributed by atoms with Crippen LogP contribution in [0.15, 0.2) is 70.3 Å². The van der Waals surface area contributed by atoms with E-state index in [2.05, 4.69) is 25.6 Å². The third kappa shape index (κ3) is 6.44. The van der Waals surface area contributed by atoms with Gasteiger partial charge in [0.25, 0.3) is 0 Å². The molecule has 1 amide bonds. The Morgan fingerprint density at radius 2 is 2.00 bits per heavy atom. The molecule has 0 bridgehead atoms. The van der Waals surface area contributed by atoms with Crippen LogP contribution in [0, 0.1) is 6.92 Å². The summed E-state index contributed by atoms with van der Waals surface area (Å²) in [6, 6.07) is 11.5. The molecule has 0 spiro atoms. The lowest BCUT2D eigenvalue weighted by Crippen LogP contribution is -2.29. The Labute approximate surface area is 224 Å². The van der Waals surface area contributed by atoms with E-state index in [4.69, 9.17) is 9.72 Å². The number of pyridine rings is 3. The molecule has 1 N–H and O–H groups in total. The van der Waals surface area contributed by atoms with Gasteiger partial charge in [0.2, 0.25) is 5.91 Å². The SMILES string of the molecule is CC(=O)N1CCCC(c2csc(Nc3ncc(Sc4ccccn4)cc3Oc3cccnc3C)n2)CC1. The van der Waals surface area contributed by atoms with Crippen molar-refractivity contribution in [3.8, 4) is 11.5 Å². The van der Waals surface area contributed by atoms with Crippen molar-refractivity contribution >= 4 is 40.0 Å². The molecule has 1 unspecified atom stereocenters. The molecule has 10 heteroatoms. The molecule has 5 rings (SSSR count). The summed E-state index contributed by atoms with van der Waals surface area (Å²) in [4.78, 5) is 32.9. The minimum Gasteiger partial charge on any atom is -0.452 e. The molecule has 0 radical (unpaired) electrons. The summed E-state index contributed by atoms with van der Waals surface area (Å²) in [6.07, 6.45) is 8.26. The zero-order valence-corrected chi connectivity index (χ0v) is 22.4. The van der Waals surface area contributed by atoms with Gasteiger partial charge in [-0.1, -0.05) is 17.8 Å². The number of nitrogens with one attached hydrogen (secondary N) is 1. The van der Waals surface area contributed by atoms with Gasteiger partial charge in [-0.25, -0.2) is 15.0 Å². The Kier molecular flexibility index (Phi) is 7.96. The molecule has 1 aliphatic heterocycles. The number of hydrogen-bond donors (Lipinski definition) is 1. The Morgan fingerprint density at radius 3 is 2.81 bits per heavy atom. The van der Waals surface area contributed by atoms with Crippen molar-refractivity contribution in [2.75, 3.05) is 18.4 Å². The summed E-state index contributed by atoms with van der Waals surface area (Å²) in [5.41, 5.74) is 1.85. The van der Waals surface area contributed by atoms with Crippen molar-refractivity contribution < 1.29 is 9.53 Å². The molecular weight excluding hydrogens is 504 g/mol. The van der Waals surface area contributed by atoms with Crippen LogP contribution in [0.4, 0.5) is 10.9 Å². The summed E-state index contributed by atoms with van der Waals surface area (Å²) in [6.45, 7) is 5.16. The lowest BCUT2D eigenvalue weighted by atomic mass is 9.98. The first-order valence-corrected chi connectivity index (χ1v) is 13.9. The van der Waals surface area contributed by atoms with Crippen LogP contribution in [0.25, 0.3) is 0 Å². The van der Waals surface area contributed by atoms with Gasteiger partial charge >= 0.3 is 0 Å². The third-order valence-corrected chi connectivity index (χ3v) is 7.89. The highest BCUT2D eigenvalue weighted by atomic mass is 32.2. The summed E-state index contributed by atoms with van der Waals surface area (Å²) in [5.74, 6) is 2.32. The molecular formula is C27H28N6O2S2. The first-order valence-electron chi connectivity index (χ1n) is 12.2. The van der Waals surface area contributed by atoms with Crippen molar-refractivity contribution in [3.63, 3.8) is 0 Å². The van der Waals surface area contributed by atoms with Gasteiger partial charge in [-0.3, -0.25) is 9.78 Å². The van der Waals surface area contributed by atoms with Gasteiger partial charge in [0.15, 0.2) is 16.7 Å². The number of ether oxygens (including phenoxy) is 1. The van der Waals surface area contributed by atoms with Crippen LogP contribution in [-0.4, -0.2) is 43.8 Å². The van der Waals surface area contributed by atoms with E-state index in [9.17, 15) is 4.79 Å². The maximum Gasteiger partial charge on any atom is 0.219 e.